The molecule has 0 bridgehead atoms. The number of hydrogen-bond acceptors (Lipinski definition) is 1. The number of rotatable bonds is 2. The van der Waals surface area contributed by atoms with E-state index < -0.39 is 0 Å². The zero-order valence-electron chi connectivity index (χ0n) is 10.6. The summed E-state index contributed by atoms with van der Waals surface area (Å²) in [6.07, 6.45) is 5.66. The van der Waals surface area contributed by atoms with Crippen molar-refractivity contribution in [3.63, 3.8) is 0 Å². The zero-order valence-corrected chi connectivity index (χ0v) is 10.6. The van der Waals surface area contributed by atoms with Gasteiger partial charge >= 0.3 is 0 Å². The van der Waals surface area contributed by atoms with Crippen molar-refractivity contribution in [2.24, 2.45) is 11.3 Å². The Balaban J connectivity index is 2.36. The van der Waals surface area contributed by atoms with Gasteiger partial charge in [-0.3, -0.25) is 4.79 Å². The fourth-order valence-electron chi connectivity index (χ4n) is 2.27. The van der Waals surface area contributed by atoms with E-state index in [-0.39, 0.29) is 11.3 Å². The molecule has 0 saturated heterocycles. The SMILES string of the molecule is C[C@H]1CCCC[C@H]1NC(=O)CC(C)(C)C. The monoisotopic (exact) mass is 211 g/mol. The summed E-state index contributed by atoms with van der Waals surface area (Å²) in [6.45, 7) is 8.58. The van der Waals surface area contributed by atoms with Crippen LogP contribution in [0.15, 0.2) is 0 Å². The molecule has 1 fully saturated rings. The molecular formula is C13H25NO. The Hall–Kier alpha value is -0.530. The van der Waals surface area contributed by atoms with Crippen molar-refractivity contribution in [1.29, 1.82) is 0 Å². The van der Waals surface area contributed by atoms with Gasteiger partial charge in [-0.25, -0.2) is 0 Å². The van der Waals surface area contributed by atoms with E-state index >= 15 is 0 Å². The summed E-state index contributed by atoms with van der Waals surface area (Å²) in [5.74, 6) is 0.879. The van der Waals surface area contributed by atoms with Crippen molar-refractivity contribution in [3.8, 4) is 0 Å². The Bertz CT molecular complexity index is 217. The lowest BCUT2D eigenvalue weighted by Gasteiger charge is -2.30. The zero-order chi connectivity index (χ0) is 11.5. The van der Waals surface area contributed by atoms with Gasteiger partial charge in [0, 0.05) is 12.5 Å². The van der Waals surface area contributed by atoms with E-state index in [9.17, 15) is 4.79 Å². The van der Waals surface area contributed by atoms with Gasteiger partial charge in [-0.2, -0.15) is 0 Å². The second kappa shape index (κ2) is 5.00. The van der Waals surface area contributed by atoms with Crippen LogP contribution in [0.5, 0.6) is 0 Å². The van der Waals surface area contributed by atoms with E-state index in [2.05, 4.69) is 33.0 Å². The third-order valence-electron chi connectivity index (χ3n) is 3.15. The van der Waals surface area contributed by atoms with E-state index in [1.807, 2.05) is 0 Å². The molecule has 0 heterocycles. The molecule has 1 amide bonds. The molecule has 0 spiro atoms. The third-order valence-corrected chi connectivity index (χ3v) is 3.15. The molecule has 2 nitrogen and oxygen atoms in total. The second-order valence-corrected chi connectivity index (χ2v) is 6.17. The van der Waals surface area contributed by atoms with E-state index in [0.29, 0.717) is 18.4 Å². The first kappa shape index (κ1) is 12.5. The summed E-state index contributed by atoms with van der Waals surface area (Å²) in [5.41, 5.74) is 0.0992. The smallest absolute Gasteiger partial charge is 0.220 e. The lowest BCUT2D eigenvalue weighted by molar-refractivity contribution is -0.124. The Morgan fingerprint density at radius 2 is 1.87 bits per heavy atom. The topological polar surface area (TPSA) is 29.1 Å². The van der Waals surface area contributed by atoms with Gasteiger partial charge in [-0.1, -0.05) is 40.5 Å². The maximum Gasteiger partial charge on any atom is 0.220 e. The second-order valence-electron chi connectivity index (χ2n) is 6.17. The van der Waals surface area contributed by atoms with Crippen LogP contribution in [0.4, 0.5) is 0 Å². The quantitative estimate of drug-likeness (QED) is 0.747. The standard InChI is InChI=1S/C13H25NO/c1-10-7-5-6-8-11(10)14-12(15)9-13(2,3)4/h10-11H,5-9H2,1-4H3,(H,14,15)/t10-,11+/m0/s1. The van der Waals surface area contributed by atoms with Gasteiger partial charge in [0.15, 0.2) is 0 Å². The van der Waals surface area contributed by atoms with Crippen LogP contribution in [0.25, 0.3) is 0 Å². The van der Waals surface area contributed by atoms with Gasteiger partial charge < -0.3 is 5.32 Å². The third kappa shape index (κ3) is 4.67. The van der Waals surface area contributed by atoms with Gasteiger partial charge in [-0.05, 0) is 24.2 Å². The Labute approximate surface area is 93.8 Å². The van der Waals surface area contributed by atoms with Gasteiger partial charge in [0.25, 0.3) is 0 Å². The number of amides is 1. The van der Waals surface area contributed by atoms with Gasteiger partial charge in [0.2, 0.25) is 5.91 Å². The summed E-state index contributed by atoms with van der Waals surface area (Å²) < 4.78 is 0. The van der Waals surface area contributed by atoms with Crippen molar-refractivity contribution in [3.05, 3.63) is 0 Å². The lowest BCUT2D eigenvalue weighted by atomic mass is 9.85. The van der Waals surface area contributed by atoms with Crippen LogP contribution in [-0.2, 0) is 4.79 Å². The van der Waals surface area contributed by atoms with E-state index in [4.69, 9.17) is 0 Å². The molecular weight excluding hydrogens is 186 g/mol. The highest BCUT2D eigenvalue weighted by molar-refractivity contribution is 5.76. The number of carbonyl (C=O) groups excluding carboxylic acids is 1. The van der Waals surface area contributed by atoms with Crippen molar-refractivity contribution in [1.82, 2.24) is 5.32 Å². The molecule has 15 heavy (non-hydrogen) atoms. The first-order valence-corrected chi connectivity index (χ1v) is 6.18. The summed E-state index contributed by atoms with van der Waals surface area (Å²) in [4.78, 5) is 11.8. The molecule has 1 saturated carbocycles. The molecule has 0 aromatic carbocycles. The number of carbonyl (C=O) groups is 1. The van der Waals surface area contributed by atoms with Gasteiger partial charge in [0.05, 0.1) is 0 Å². The van der Waals surface area contributed by atoms with Crippen molar-refractivity contribution in [2.75, 3.05) is 0 Å². The molecule has 1 rings (SSSR count). The highest BCUT2D eigenvalue weighted by atomic mass is 16.1. The number of nitrogens with one attached hydrogen (secondary N) is 1. The van der Waals surface area contributed by atoms with Crippen LogP contribution in [-0.4, -0.2) is 11.9 Å². The summed E-state index contributed by atoms with van der Waals surface area (Å²) in [7, 11) is 0. The van der Waals surface area contributed by atoms with Crippen molar-refractivity contribution < 1.29 is 4.79 Å². The molecule has 1 aliphatic carbocycles. The Morgan fingerprint density at radius 3 is 2.40 bits per heavy atom. The molecule has 88 valence electrons. The van der Waals surface area contributed by atoms with Crippen molar-refractivity contribution in [2.45, 2.75) is 65.8 Å². The Kier molecular flexibility index (Phi) is 4.18. The highest BCUT2D eigenvalue weighted by Gasteiger charge is 2.24. The maximum absolute atomic E-state index is 11.8. The molecule has 0 unspecified atom stereocenters. The van der Waals surface area contributed by atoms with Crippen LogP contribution >= 0.6 is 0 Å². The summed E-state index contributed by atoms with van der Waals surface area (Å²) in [6, 6.07) is 0.425. The molecule has 0 aliphatic heterocycles. The average Bonchev–Trinajstić information content (AvgIpc) is 2.05. The van der Waals surface area contributed by atoms with Crippen molar-refractivity contribution >= 4 is 5.91 Å². The minimum Gasteiger partial charge on any atom is -0.353 e. The van der Waals surface area contributed by atoms with E-state index in [1.54, 1.807) is 0 Å². The molecule has 1 aliphatic rings. The molecule has 2 heteroatoms. The first-order valence-electron chi connectivity index (χ1n) is 6.18. The normalized spacial score (nSPS) is 27.5. The predicted molar refractivity (Wildman–Crippen MR) is 63.6 cm³/mol. The summed E-state index contributed by atoms with van der Waals surface area (Å²) >= 11 is 0. The average molecular weight is 211 g/mol. The van der Waals surface area contributed by atoms with Gasteiger partial charge in [-0.15, -0.1) is 0 Å². The van der Waals surface area contributed by atoms with Crippen LogP contribution in [0.1, 0.15) is 59.8 Å². The minimum absolute atomic E-state index is 0.0992. The predicted octanol–water partition coefficient (Wildman–Crippen LogP) is 3.12. The first-order chi connectivity index (χ1) is 6.88. The van der Waals surface area contributed by atoms with E-state index in [0.717, 1.165) is 6.42 Å². The van der Waals surface area contributed by atoms with Gasteiger partial charge in [0.1, 0.15) is 0 Å². The molecule has 0 aromatic heterocycles. The fraction of sp³-hybridized carbons (Fsp3) is 0.923. The van der Waals surface area contributed by atoms with Crippen LogP contribution in [0, 0.1) is 11.3 Å². The van der Waals surface area contributed by atoms with E-state index in [1.165, 1.54) is 19.3 Å². The van der Waals surface area contributed by atoms with Crippen LogP contribution in [0.2, 0.25) is 0 Å². The number of hydrogen-bond donors (Lipinski definition) is 1. The largest absolute Gasteiger partial charge is 0.353 e. The maximum atomic E-state index is 11.8. The fourth-order valence-corrected chi connectivity index (χ4v) is 2.27. The lowest BCUT2D eigenvalue weighted by Crippen LogP contribution is -2.42. The highest BCUT2D eigenvalue weighted by Crippen LogP contribution is 2.24. The minimum atomic E-state index is 0.0992. The van der Waals surface area contributed by atoms with Crippen LogP contribution < -0.4 is 5.32 Å². The molecule has 0 radical (unpaired) electrons. The van der Waals surface area contributed by atoms with Crippen LogP contribution in [0.3, 0.4) is 0 Å². The summed E-state index contributed by atoms with van der Waals surface area (Å²) in [5, 5.41) is 3.19. The molecule has 1 N–H and O–H groups in total. The molecule has 2 atom stereocenters. The Morgan fingerprint density at radius 1 is 1.27 bits per heavy atom. The molecule has 0 aromatic rings.